The molecular weight excluding hydrogens is 432 g/mol. The summed E-state index contributed by atoms with van der Waals surface area (Å²) in [5.41, 5.74) is 7.75. The number of halogens is 1. The minimum absolute atomic E-state index is 0. The van der Waals surface area contributed by atoms with Crippen molar-refractivity contribution in [2.24, 2.45) is 5.73 Å². The fraction of sp³-hybridized carbons (Fsp3) is 0.318. The fourth-order valence-corrected chi connectivity index (χ4v) is 3.42. The van der Waals surface area contributed by atoms with Crippen LogP contribution in [0.15, 0.2) is 48.5 Å². The molecule has 1 fully saturated rings. The smallest absolute Gasteiger partial charge is 0.242 e. The van der Waals surface area contributed by atoms with Gasteiger partial charge in [0.05, 0.1) is 25.9 Å². The number of amides is 2. The molecule has 0 aliphatic carbocycles. The molecule has 0 bridgehead atoms. The first-order valence-corrected chi connectivity index (χ1v) is 10.1. The minimum Gasteiger partial charge on any atom is -0.495 e. The van der Waals surface area contributed by atoms with Crippen molar-refractivity contribution in [3.05, 3.63) is 54.1 Å². The first kappa shape index (κ1) is 24.8. The molecule has 2 aromatic rings. The van der Waals surface area contributed by atoms with Crippen LogP contribution in [0.25, 0.3) is 0 Å². The number of rotatable bonds is 8. The maximum absolute atomic E-state index is 12.5. The Labute approximate surface area is 193 Å². The van der Waals surface area contributed by atoms with Crippen LogP contribution in [0.1, 0.15) is 5.56 Å². The summed E-state index contributed by atoms with van der Waals surface area (Å²) >= 11 is 0. The Morgan fingerprint density at radius 2 is 1.78 bits per heavy atom. The van der Waals surface area contributed by atoms with Crippen LogP contribution >= 0.6 is 12.4 Å². The zero-order chi connectivity index (χ0) is 22.2. The van der Waals surface area contributed by atoms with Gasteiger partial charge in [0, 0.05) is 37.4 Å². The molecule has 3 rings (SSSR count). The van der Waals surface area contributed by atoms with Crippen molar-refractivity contribution < 1.29 is 14.3 Å². The molecule has 32 heavy (non-hydrogen) atoms. The molecule has 1 aliphatic rings. The van der Waals surface area contributed by atoms with Gasteiger partial charge in [-0.05, 0) is 24.3 Å². The van der Waals surface area contributed by atoms with Gasteiger partial charge in [-0.15, -0.1) is 12.4 Å². The predicted molar refractivity (Wildman–Crippen MR) is 128 cm³/mol. The summed E-state index contributed by atoms with van der Waals surface area (Å²) < 4.78 is 5.42. The Hall–Kier alpha value is -3.46. The molecule has 172 valence electrons. The summed E-state index contributed by atoms with van der Waals surface area (Å²) in [6.45, 7) is 2.56. The Kier molecular flexibility index (Phi) is 9.15. The third kappa shape index (κ3) is 6.52. The van der Waals surface area contributed by atoms with Gasteiger partial charge in [-0.25, -0.2) is 0 Å². The standard InChI is InChI=1S/C22H28N6O3.ClH/c1-31-19-8-3-2-7-18(19)27-9-11-28(12-10-27)21(30)15-26-20(29)14-25-17-6-4-5-16(13-17)22(23)24;/h2-8,13,25H,9-12,14-15H2,1H3,(H3,23,24)(H,26,29);1H. The van der Waals surface area contributed by atoms with E-state index in [0.717, 1.165) is 11.4 Å². The number of nitrogens with one attached hydrogen (secondary N) is 3. The maximum Gasteiger partial charge on any atom is 0.242 e. The number of piperazine rings is 1. The van der Waals surface area contributed by atoms with Gasteiger partial charge in [0.15, 0.2) is 0 Å². The van der Waals surface area contributed by atoms with Crippen LogP contribution < -0.4 is 26.0 Å². The highest BCUT2D eigenvalue weighted by molar-refractivity contribution is 5.96. The van der Waals surface area contributed by atoms with Gasteiger partial charge < -0.3 is 30.9 Å². The molecule has 1 heterocycles. The van der Waals surface area contributed by atoms with E-state index < -0.39 is 0 Å². The molecule has 0 saturated carbocycles. The molecule has 1 aliphatic heterocycles. The zero-order valence-corrected chi connectivity index (χ0v) is 18.8. The van der Waals surface area contributed by atoms with E-state index in [1.54, 1.807) is 36.3 Å². The number of nitrogens with zero attached hydrogens (tertiary/aromatic N) is 2. The zero-order valence-electron chi connectivity index (χ0n) is 18.0. The highest BCUT2D eigenvalue weighted by atomic mass is 35.5. The van der Waals surface area contributed by atoms with Gasteiger partial charge in [0.2, 0.25) is 11.8 Å². The van der Waals surface area contributed by atoms with Gasteiger partial charge in [-0.1, -0.05) is 24.3 Å². The molecule has 1 saturated heterocycles. The molecule has 9 nitrogen and oxygen atoms in total. The largest absolute Gasteiger partial charge is 0.495 e. The van der Waals surface area contributed by atoms with Crippen molar-refractivity contribution >= 4 is 41.4 Å². The van der Waals surface area contributed by atoms with E-state index in [2.05, 4.69) is 15.5 Å². The third-order valence-corrected chi connectivity index (χ3v) is 5.12. The van der Waals surface area contributed by atoms with Gasteiger partial charge in [-0.2, -0.15) is 0 Å². The Morgan fingerprint density at radius 3 is 2.47 bits per heavy atom. The second kappa shape index (κ2) is 11.8. The third-order valence-electron chi connectivity index (χ3n) is 5.12. The molecule has 2 aromatic carbocycles. The van der Waals surface area contributed by atoms with Gasteiger partial charge in [-0.3, -0.25) is 15.0 Å². The normalized spacial score (nSPS) is 13.0. The SMILES string of the molecule is COc1ccccc1N1CCN(C(=O)CNC(=O)CNc2cccc(C(=N)N)c2)CC1.Cl. The molecule has 5 N–H and O–H groups in total. The van der Waals surface area contributed by atoms with Crippen molar-refractivity contribution in [3.8, 4) is 5.75 Å². The van der Waals surface area contributed by atoms with E-state index in [0.29, 0.717) is 37.4 Å². The van der Waals surface area contributed by atoms with Crippen molar-refractivity contribution in [1.29, 1.82) is 5.41 Å². The number of nitrogen functional groups attached to an aromatic ring is 1. The second-order valence-electron chi connectivity index (χ2n) is 7.16. The summed E-state index contributed by atoms with van der Waals surface area (Å²) in [4.78, 5) is 28.5. The van der Waals surface area contributed by atoms with E-state index in [-0.39, 0.29) is 43.1 Å². The number of carbonyl (C=O) groups is 2. The van der Waals surface area contributed by atoms with E-state index in [4.69, 9.17) is 15.9 Å². The summed E-state index contributed by atoms with van der Waals surface area (Å²) in [6, 6.07) is 14.8. The van der Waals surface area contributed by atoms with Crippen LogP contribution in [0.2, 0.25) is 0 Å². The van der Waals surface area contributed by atoms with E-state index >= 15 is 0 Å². The first-order chi connectivity index (χ1) is 15.0. The highest BCUT2D eigenvalue weighted by Gasteiger charge is 2.23. The number of ether oxygens (including phenoxy) is 1. The molecule has 0 aromatic heterocycles. The number of anilines is 2. The highest BCUT2D eigenvalue weighted by Crippen LogP contribution is 2.28. The van der Waals surface area contributed by atoms with E-state index in [9.17, 15) is 9.59 Å². The van der Waals surface area contributed by atoms with Gasteiger partial charge in [0.25, 0.3) is 0 Å². The molecule has 0 unspecified atom stereocenters. The van der Waals surface area contributed by atoms with E-state index in [1.807, 2.05) is 24.3 Å². The number of methoxy groups -OCH3 is 1. The summed E-state index contributed by atoms with van der Waals surface area (Å²) in [5.74, 6) is 0.390. The lowest BCUT2D eigenvalue weighted by Crippen LogP contribution is -2.51. The summed E-state index contributed by atoms with van der Waals surface area (Å²) in [5, 5.41) is 13.1. The predicted octanol–water partition coefficient (Wildman–Crippen LogP) is 1.28. The monoisotopic (exact) mass is 460 g/mol. The number of nitrogens with two attached hydrogens (primary N) is 1. The van der Waals surface area contributed by atoms with Crippen LogP contribution in [-0.2, 0) is 9.59 Å². The Bertz CT molecular complexity index is 947. The molecule has 10 heteroatoms. The lowest BCUT2D eigenvalue weighted by molar-refractivity contribution is -0.132. The number of hydrogen-bond acceptors (Lipinski definition) is 6. The number of carbonyl (C=O) groups excluding carboxylic acids is 2. The van der Waals surface area contributed by atoms with Crippen LogP contribution in [0.3, 0.4) is 0 Å². The summed E-state index contributed by atoms with van der Waals surface area (Å²) in [7, 11) is 1.65. The number of benzene rings is 2. The van der Waals surface area contributed by atoms with Crippen LogP contribution in [-0.4, -0.2) is 68.9 Å². The Morgan fingerprint density at radius 1 is 1.06 bits per heavy atom. The van der Waals surface area contributed by atoms with Crippen molar-refractivity contribution in [2.75, 3.05) is 56.6 Å². The average molecular weight is 461 g/mol. The van der Waals surface area contributed by atoms with Crippen LogP contribution in [0.4, 0.5) is 11.4 Å². The fourth-order valence-electron chi connectivity index (χ4n) is 3.42. The lowest BCUT2D eigenvalue weighted by atomic mass is 10.2. The lowest BCUT2D eigenvalue weighted by Gasteiger charge is -2.36. The van der Waals surface area contributed by atoms with Crippen molar-refractivity contribution in [1.82, 2.24) is 10.2 Å². The molecular formula is C22H29ClN6O3. The molecule has 0 atom stereocenters. The topological polar surface area (TPSA) is 124 Å². The van der Waals surface area contributed by atoms with Crippen LogP contribution in [0, 0.1) is 5.41 Å². The summed E-state index contributed by atoms with van der Waals surface area (Å²) in [6.07, 6.45) is 0. The van der Waals surface area contributed by atoms with Crippen LogP contribution in [0.5, 0.6) is 5.75 Å². The quantitative estimate of drug-likeness (QED) is 0.347. The molecule has 2 amide bonds. The van der Waals surface area contributed by atoms with Gasteiger partial charge in [0.1, 0.15) is 11.6 Å². The average Bonchev–Trinajstić information content (AvgIpc) is 2.81. The maximum atomic E-state index is 12.5. The Balaban J connectivity index is 0.00000363. The van der Waals surface area contributed by atoms with Crippen molar-refractivity contribution in [3.63, 3.8) is 0 Å². The number of hydrogen-bond donors (Lipinski definition) is 4. The second-order valence-corrected chi connectivity index (χ2v) is 7.16. The number of para-hydroxylation sites is 2. The number of amidine groups is 1. The minimum atomic E-state index is -0.283. The van der Waals surface area contributed by atoms with E-state index in [1.165, 1.54) is 0 Å². The molecule has 0 radical (unpaired) electrons. The first-order valence-electron chi connectivity index (χ1n) is 10.1. The van der Waals surface area contributed by atoms with Gasteiger partial charge >= 0.3 is 0 Å². The van der Waals surface area contributed by atoms with Crippen molar-refractivity contribution in [2.45, 2.75) is 0 Å². The molecule has 0 spiro atoms.